The number of hydrogen-bond acceptors (Lipinski definition) is 15. The maximum atomic E-state index is 13.8. The number of ketones is 1. The summed E-state index contributed by atoms with van der Waals surface area (Å²) in [6.45, 7) is 12.8. The molecule has 56 heavy (non-hydrogen) atoms. The quantitative estimate of drug-likeness (QED) is 0.191. The first kappa shape index (κ1) is 42.6. The molecule has 4 aliphatic carbocycles. The van der Waals surface area contributed by atoms with Gasteiger partial charge < -0.3 is 69.6 Å². The van der Waals surface area contributed by atoms with Crippen LogP contribution in [0, 0.1) is 39.9 Å². The number of aliphatic hydroxyl groups is 9. The van der Waals surface area contributed by atoms with Gasteiger partial charge in [0.2, 0.25) is 12.6 Å². The second kappa shape index (κ2) is 14.3. The van der Waals surface area contributed by atoms with Crippen LogP contribution in [-0.2, 0) is 28.5 Å². The molecule has 15 nitrogen and oxygen atoms in total. The second-order valence-electron chi connectivity index (χ2n) is 20.0. The third-order valence-electron chi connectivity index (χ3n) is 16.1. The highest BCUT2D eigenvalue weighted by Crippen LogP contribution is 2.74. The van der Waals surface area contributed by atoms with Gasteiger partial charge in [0.25, 0.3) is 0 Å². The van der Waals surface area contributed by atoms with Crippen molar-refractivity contribution in [2.24, 2.45) is 39.9 Å². The Morgan fingerprint density at radius 3 is 2.23 bits per heavy atom. The van der Waals surface area contributed by atoms with Gasteiger partial charge in [0.05, 0.1) is 48.3 Å². The Morgan fingerprint density at radius 1 is 0.893 bits per heavy atom. The summed E-state index contributed by atoms with van der Waals surface area (Å²) in [7, 11) is 0. The first-order chi connectivity index (χ1) is 26.0. The fourth-order valence-electron chi connectivity index (χ4n) is 13.4. The van der Waals surface area contributed by atoms with Gasteiger partial charge in [0.1, 0.15) is 36.3 Å². The average Bonchev–Trinajstić information content (AvgIpc) is 3.73. The maximum Gasteiger partial charge on any atom is 0.229 e. The van der Waals surface area contributed by atoms with Crippen LogP contribution in [0.5, 0.6) is 0 Å². The second-order valence-corrected chi connectivity index (χ2v) is 20.0. The summed E-state index contributed by atoms with van der Waals surface area (Å²) in [6, 6.07) is 0. The van der Waals surface area contributed by atoms with E-state index in [1.807, 2.05) is 13.8 Å². The van der Waals surface area contributed by atoms with Crippen LogP contribution in [-0.4, -0.2) is 143 Å². The minimum Gasteiger partial charge on any atom is -0.506 e. The van der Waals surface area contributed by atoms with Crippen LogP contribution in [0.3, 0.4) is 0 Å². The number of rotatable bonds is 5. The molecule has 3 heterocycles. The lowest BCUT2D eigenvalue weighted by atomic mass is 9.36. The molecule has 7 rings (SSSR count). The molecule has 0 aromatic rings. The summed E-state index contributed by atoms with van der Waals surface area (Å²) in [5, 5.41) is 99.8. The van der Waals surface area contributed by atoms with E-state index in [0.717, 1.165) is 0 Å². The summed E-state index contributed by atoms with van der Waals surface area (Å²) < 4.78 is 31.8. The molecule has 320 valence electrons. The molecule has 0 amide bonds. The Hall–Kier alpha value is -1.47. The zero-order valence-electron chi connectivity index (χ0n) is 33.8. The Bertz CT molecular complexity index is 1530. The van der Waals surface area contributed by atoms with E-state index in [1.165, 1.54) is 0 Å². The maximum absolute atomic E-state index is 13.8. The van der Waals surface area contributed by atoms with Gasteiger partial charge in [-0.3, -0.25) is 4.79 Å². The third kappa shape index (κ3) is 6.32. The van der Waals surface area contributed by atoms with Gasteiger partial charge in [-0.2, -0.15) is 0 Å². The minimum atomic E-state index is -2.07. The standard InChI is InChI=1S/C41H66O15/c1-36(2)25(45)9-12-38(5)24-16-21(44)27-19(40(7)13-10-26(56-40)37(3,4)51)8-14-41(27)39(24,6)17-22(33(36)38)53-34(50)32(28(46)20(43)11-15-52-41)55-35-31(49)30(48)29(47)23(18-42)54-35/h19-24,26-27,29-31,33-35,42-44,46-51H,8-18H2,1-7H3/b32-28-/t19?,20-,21+,22-,23?,24?,26+,27?,29-,30?,31?,33?,34+,35+,38+,39+,40-,41-/m0/s1. The van der Waals surface area contributed by atoms with Crippen molar-refractivity contribution in [3.8, 4) is 0 Å². The Kier molecular flexibility index (Phi) is 10.9. The lowest BCUT2D eigenvalue weighted by Crippen LogP contribution is -2.73. The predicted octanol–water partition coefficient (Wildman–Crippen LogP) is 1.33. The predicted molar refractivity (Wildman–Crippen MR) is 196 cm³/mol. The number of carbonyl (C=O) groups excluding carboxylic acids is 1. The van der Waals surface area contributed by atoms with Crippen molar-refractivity contribution in [3.05, 3.63) is 11.5 Å². The number of carbonyl (C=O) groups is 1. The van der Waals surface area contributed by atoms with Crippen molar-refractivity contribution in [2.75, 3.05) is 13.2 Å². The molecule has 3 aliphatic heterocycles. The average molecular weight is 799 g/mol. The zero-order chi connectivity index (χ0) is 41.1. The fraction of sp³-hybridized carbons (Fsp3) is 0.927. The molecule has 0 aromatic heterocycles. The van der Waals surface area contributed by atoms with E-state index in [2.05, 4.69) is 20.8 Å². The summed E-state index contributed by atoms with van der Waals surface area (Å²) in [5.74, 6) is -2.71. The molecule has 9 N–H and O–H groups in total. The number of Topliss-reactive ketones (excluding diaryl/α,β-unsaturated/α-hetero) is 1. The van der Waals surface area contributed by atoms with E-state index in [-0.39, 0.29) is 36.8 Å². The van der Waals surface area contributed by atoms with Gasteiger partial charge in [-0.1, -0.05) is 27.7 Å². The SMILES string of the molecule is CC1(C)C(=O)CC[C@@]2(C)C1[C@@H]1C[C@]3(C)C2C[C@@H](O)C2C([C@]4(C)CC[C@H](C(C)(C)O)O4)CC[C@]23OCC[C@H](O)/C(O)=C(/O[C@H]2OC(CO)[C@H](O)C(O)C2O)[C@H](O)O1. The van der Waals surface area contributed by atoms with Gasteiger partial charge in [-0.05, 0) is 83.0 Å². The Morgan fingerprint density at radius 2 is 1.59 bits per heavy atom. The number of fused-ring (bicyclic) bond motifs is 4. The van der Waals surface area contributed by atoms with Crippen LogP contribution in [0.15, 0.2) is 11.5 Å². The number of hydrogen-bond donors (Lipinski definition) is 9. The van der Waals surface area contributed by atoms with E-state index in [0.29, 0.717) is 51.4 Å². The van der Waals surface area contributed by atoms with Crippen molar-refractivity contribution >= 4 is 5.78 Å². The molecule has 0 radical (unpaired) electrons. The lowest BCUT2D eigenvalue weighted by Gasteiger charge is -2.71. The van der Waals surface area contributed by atoms with Crippen molar-refractivity contribution < 1.29 is 74.4 Å². The lowest BCUT2D eigenvalue weighted by molar-refractivity contribution is -0.322. The van der Waals surface area contributed by atoms with Gasteiger partial charge in [0, 0.05) is 35.5 Å². The van der Waals surface area contributed by atoms with Gasteiger partial charge >= 0.3 is 0 Å². The smallest absolute Gasteiger partial charge is 0.229 e. The topological polar surface area (TPSA) is 245 Å². The highest BCUT2D eigenvalue weighted by atomic mass is 16.7. The van der Waals surface area contributed by atoms with Crippen molar-refractivity contribution in [1.82, 2.24) is 0 Å². The third-order valence-corrected chi connectivity index (χ3v) is 16.1. The molecule has 4 saturated carbocycles. The number of aliphatic hydroxyl groups excluding tert-OH is 8. The molecular formula is C41H66O15. The molecular weight excluding hydrogens is 732 g/mol. The van der Waals surface area contributed by atoms with E-state index in [1.54, 1.807) is 13.8 Å². The van der Waals surface area contributed by atoms with Gasteiger partial charge in [0.15, 0.2) is 11.5 Å². The molecule has 2 saturated heterocycles. The molecule has 6 fully saturated rings. The molecule has 1 spiro atoms. The van der Waals surface area contributed by atoms with Crippen LogP contribution in [0.25, 0.3) is 0 Å². The van der Waals surface area contributed by atoms with Crippen molar-refractivity contribution in [1.29, 1.82) is 0 Å². The van der Waals surface area contributed by atoms with Gasteiger partial charge in [-0.15, -0.1) is 0 Å². The van der Waals surface area contributed by atoms with Crippen molar-refractivity contribution in [2.45, 2.75) is 184 Å². The number of ether oxygens (including phenoxy) is 5. The molecule has 18 atom stereocenters. The highest BCUT2D eigenvalue weighted by Gasteiger charge is 2.76. The van der Waals surface area contributed by atoms with Crippen LogP contribution in [0.1, 0.15) is 106 Å². The molecule has 7 unspecified atom stereocenters. The molecule has 2 bridgehead atoms. The van der Waals surface area contributed by atoms with Gasteiger partial charge in [-0.25, -0.2) is 0 Å². The summed E-state index contributed by atoms with van der Waals surface area (Å²) in [4.78, 5) is 13.8. The van der Waals surface area contributed by atoms with Crippen LogP contribution in [0.2, 0.25) is 0 Å². The first-order valence-corrected chi connectivity index (χ1v) is 20.6. The van der Waals surface area contributed by atoms with Crippen LogP contribution < -0.4 is 0 Å². The molecule has 0 aromatic carbocycles. The fourth-order valence-corrected chi connectivity index (χ4v) is 13.4. The first-order valence-electron chi connectivity index (χ1n) is 20.6. The monoisotopic (exact) mass is 798 g/mol. The Balaban J connectivity index is 1.32. The van der Waals surface area contributed by atoms with E-state index in [4.69, 9.17) is 23.7 Å². The largest absolute Gasteiger partial charge is 0.506 e. The summed E-state index contributed by atoms with van der Waals surface area (Å²) in [6.07, 6.45) is -10.4. The van der Waals surface area contributed by atoms with E-state index in [9.17, 15) is 50.8 Å². The molecule has 7 aliphatic rings. The van der Waals surface area contributed by atoms with Crippen LogP contribution >= 0.6 is 0 Å². The zero-order valence-corrected chi connectivity index (χ0v) is 33.8. The normalized spacial score (nSPS) is 53.7. The summed E-state index contributed by atoms with van der Waals surface area (Å²) >= 11 is 0. The van der Waals surface area contributed by atoms with E-state index < -0.39 is 118 Å². The molecule has 15 heteroatoms. The Labute approximate surface area is 328 Å². The highest BCUT2D eigenvalue weighted by molar-refractivity contribution is 5.85. The van der Waals surface area contributed by atoms with Crippen LogP contribution in [0.4, 0.5) is 0 Å². The summed E-state index contributed by atoms with van der Waals surface area (Å²) in [5.41, 5.74) is -4.95. The minimum absolute atomic E-state index is 0.0354. The van der Waals surface area contributed by atoms with E-state index >= 15 is 0 Å². The van der Waals surface area contributed by atoms with Crippen molar-refractivity contribution in [3.63, 3.8) is 0 Å².